The van der Waals surface area contributed by atoms with E-state index >= 15 is 0 Å². The molecule has 1 aliphatic rings. The Morgan fingerprint density at radius 2 is 1.33 bits per heavy atom. The molecule has 0 atom stereocenters. The van der Waals surface area contributed by atoms with Crippen LogP contribution >= 0.6 is 0 Å². The summed E-state index contributed by atoms with van der Waals surface area (Å²) in [5.74, 6) is 1.21. The summed E-state index contributed by atoms with van der Waals surface area (Å²) in [5.41, 5.74) is 0.133. The monoisotopic (exact) mass is 334 g/mol. The second-order valence-electron chi connectivity index (χ2n) is 6.94. The Kier molecular flexibility index (Phi) is 5.36. The molecule has 0 radical (unpaired) electrons. The molecule has 2 amide bonds. The predicted octanol–water partition coefficient (Wildman–Crippen LogP) is 2.03. The molecule has 1 fully saturated rings. The second-order valence-corrected chi connectivity index (χ2v) is 6.94. The summed E-state index contributed by atoms with van der Waals surface area (Å²) < 4.78 is 10.4. The molecule has 0 unspecified atom stereocenters. The highest BCUT2D eigenvalue weighted by Crippen LogP contribution is 2.24. The number of rotatable bonds is 3. The average molecular weight is 334 g/mol. The zero-order valence-corrected chi connectivity index (χ0v) is 15.1. The number of methoxy groups -OCH3 is 2. The minimum absolute atomic E-state index is 0.0740. The van der Waals surface area contributed by atoms with Gasteiger partial charge >= 0.3 is 0 Å². The molecule has 1 heterocycles. The van der Waals surface area contributed by atoms with Gasteiger partial charge in [0.1, 0.15) is 11.5 Å². The van der Waals surface area contributed by atoms with Crippen LogP contribution in [0.5, 0.6) is 11.5 Å². The van der Waals surface area contributed by atoms with Gasteiger partial charge in [-0.15, -0.1) is 0 Å². The molecule has 1 aliphatic heterocycles. The van der Waals surface area contributed by atoms with Gasteiger partial charge in [0.2, 0.25) is 5.91 Å². The highest BCUT2D eigenvalue weighted by Gasteiger charge is 2.31. The van der Waals surface area contributed by atoms with Crippen LogP contribution in [0.4, 0.5) is 0 Å². The maximum atomic E-state index is 12.7. The molecule has 6 nitrogen and oxygen atoms in total. The van der Waals surface area contributed by atoms with E-state index in [1.54, 1.807) is 37.3 Å². The molecule has 2 rings (SSSR count). The van der Waals surface area contributed by atoms with Gasteiger partial charge in [-0.1, -0.05) is 20.8 Å². The van der Waals surface area contributed by atoms with Crippen LogP contribution in [0.2, 0.25) is 0 Å². The van der Waals surface area contributed by atoms with E-state index in [2.05, 4.69) is 0 Å². The molecule has 0 bridgehead atoms. The van der Waals surface area contributed by atoms with Crippen LogP contribution in [-0.4, -0.2) is 62.0 Å². The van der Waals surface area contributed by atoms with Crippen molar-refractivity contribution in [2.24, 2.45) is 5.41 Å². The Hall–Kier alpha value is -2.24. The molecule has 24 heavy (non-hydrogen) atoms. The predicted molar refractivity (Wildman–Crippen MR) is 91.5 cm³/mol. The largest absolute Gasteiger partial charge is 0.497 e. The lowest BCUT2D eigenvalue weighted by Crippen LogP contribution is -2.53. The van der Waals surface area contributed by atoms with Crippen LogP contribution in [0, 0.1) is 5.41 Å². The first-order valence-corrected chi connectivity index (χ1v) is 8.08. The summed E-state index contributed by atoms with van der Waals surface area (Å²) in [7, 11) is 3.11. The number of hydrogen-bond donors (Lipinski definition) is 0. The SMILES string of the molecule is COc1cc(OC)cc(C(=O)N2CCN(C(=O)C(C)(C)C)CC2)c1. The maximum absolute atomic E-state index is 12.7. The maximum Gasteiger partial charge on any atom is 0.254 e. The van der Waals surface area contributed by atoms with Gasteiger partial charge in [-0.3, -0.25) is 9.59 Å². The van der Waals surface area contributed by atoms with Crippen molar-refractivity contribution in [3.8, 4) is 11.5 Å². The van der Waals surface area contributed by atoms with Crippen molar-refractivity contribution < 1.29 is 19.1 Å². The summed E-state index contributed by atoms with van der Waals surface area (Å²) in [6.45, 7) is 7.91. The Morgan fingerprint density at radius 1 is 0.875 bits per heavy atom. The van der Waals surface area contributed by atoms with Crippen LogP contribution in [0.15, 0.2) is 18.2 Å². The molecule has 0 N–H and O–H groups in total. The van der Waals surface area contributed by atoms with E-state index in [4.69, 9.17) is 9.47 Å². The second kappa shape index (κ2) is 7.11. The number of hydrogen-bond acceptors (Lipinski definition) is 4. The van der Waals surface area contributed by atoms with Crippen molar-refractivity contribution in [3.05, 3.63) is 23.8 Å². The van der Waals surface area contributed by atoms with Gasteiger partial charge in [0.05, 0.1) is 14.2 Å². The van der Waals surface area contributed by atoms with E-state index in [9.17, 15) is 9.59 Å². The van der Waals surface area contributed by atoms with E-state index in [1.165, 1.54) is 0 Å². The minimum atomic E-state index is -0.396. The van der Waals surface area contributed by atoms with Crippen molar-refractivity contribution in [1.82, 2.24) is 9.80 Å². The van der Waals surface area contributed by atoms with Crippen LogP contribution in [0.3, 0.4) is 0 Å². The Balaban J connectivity index is 2.07. The number of piperazine rings is 1. The molecular weight excluding hydrogens is 308 g/mol. The fourth-order valence-corrected chi connectivity index (χ4v) is 2.70. The van der Waals surface area contributed by atoms with Crippen LogP contribution in [0.1, 0.15) is 31.1 Å². The number of amides is 2. The van der Waals surface area contributed by atoms with E-state index in [0.29, 0.717) is 43.2 Å². The summed E-state index contributed by atoms with van der Waals surface area (Å²) in [4.78, 5) is 28.6. The zero-order valence-electron chi connectivity index (χ0n) is 15.1. The van der Waals surface area contributed by atoms with Crippen molar-refractivity contribution in [2.45, 2.75) is 20.8 Å². The van der Waals surface area contributed by atoms with E-state index in [1.807, 2.05) is 25.7 Å². The summed E-state index contributed by atoms with van der Waals surface area (Å²) in [5, 5.41) is 0. The third kappa shape index (κ3) is 3.99. The lowest BCUT2D eigenvalue weighted by atomic mass is 9.94. The highest BCUT2D eigenvalue weighted by molar-refractivity contribution is 5.95. The van der Waals surface area contributed by atoms with Gasteiger partial charge in [0.25, 0.3) is 5.91 Å². The van der Waals surface area contributed by atoms with Crippen molar-refractivity contribution in [3.63, 3.8) is 0 Å². The first-order chi connectivity index (χ1) is 11.3. The third-order valence-electron chi connectivity index (χ3n) is 4.09. The molecule has 6 heteroatoms. The van der Waals surface area contributed by atoms with Crippen molar-refractivity contribution in [1.29, 1.82) is 0 Å². The number of ether oxygens (including phenoxy) is 2. The van der Waals surface area contributed by atoms with Gasteiger partial charge < -0.3 is 19.3 Å². The van der Waals surface area contributed by atoms with Crippen molar-refractivity contribution in [2.75, 3.05) is 40.4 Å². The first-order valence-electron chi connectivity index (χ1n) is 8.08. The summed E-state index contributed by atoms with van der Waals surface area (Å²) in [6, 6.07) is 5.14. The van der Waals surface area contributed by atoms with Gasteiger partial charge in [-0.25, -0.2) is 0 Å². The number of carbonyl (C=O) groups is 2. The molecule has 0 spiro atoms. The van der Waals surface area contributed by atoms with Gasteiger partial charge in [0.15, 0.2) is 0 Å². The van der Waals surface area contributed by atoms with Crippen LogP contribution in [0.25, 0.3) is 0 Å². The summed E-state index contributed by atoms with van der Waals surface area (Å²) in [6.07, 6.45) is 0. The molecule has 1 aromatic carbocycles. The Labute approximate surface area is 143 Å². The number of carbonyl (C=O) groups excluding carboxylic acids is 2. The lowest BCUT2D eigenvalue weighted by Gasteiger charge is -2.37. The fraction of sp³-hybridized carbons (Fsp3) is 0.556. The molecule has 0 saturated carbocycles. The molecule has 0 aliphatic carbocycles. The van der Waals surface area contributed by atoms with Crippen LogP contribution < -0.4 is 9.47 Å². The van der Waals surface area contributed by atoms with Gasteiger partial charge in [-0.05, 0) is 12.1 Å². The molecule has 0 aromatic heterocycles. The minimum Gasteiger partial charge on any atom is -0.497 e. The topological polar surface area (TPSA) is 59.1 Å². The smallest absolute Gasteiger partial charge is 0.254 e. The fourth-order valence-electron chi connectivity index (χ4n) is 2.70. The van der Waals surface area contributed by atoms with E-state index < -0.39 is 5.41 Å². The quantitative estimate of drug-likeness (QED) is 0.849. The molecule has 1 aromatic rings. The summed E-state index contributed by atoms with van der Waals surface area (Å²) >= 11 is 0. The van der Waals surface area contributed by atoms with E-state index in [0.717, 1.165) is 0 Å². The molecule has 1 saturated heterocycles. The van der Waals surface area contributed by atoms with E-state index in [-0.39, 0.29) is 11.8 Å². The third-order valence-corrected chi connectivity index (χ3v) is 4.09. The Bertz CT molecular complexity index is 592. The zero-order chi connectivity index (χ0) is 17.9. The normalized spacial score (nSPS) is 15.2. The van der Waals surface area contributed by atoms with Gasteiger partial charge in [0, 0.05) is 43.2 Å². The average Bonchev–Trinajstić information content (AvgIpc) is 2.59. The lowest BCUT2D eigenvalue weighted by molar-refractivity contribution is -0.140. The van der Waals surface area contributed by atoms with Crippen LogP contribution in [-0.2, 0) is 4.79 Å². The standard InChI is InChI=1S/C18H26N2O4/c1-18(2,3)17(22)20-8-6-19(7-9-20)16(21)13-10-14(23-4)12-15(11-13)24-5/h10-12H,6-9H2,1-5H3. The first kappa shape index (κ1) is 18.1. The highest BCUT2D eigenvalue weighted by atomic mass is 16.5. The van der Waals surface area contributed by atoms with Gasteiger partial charge in [-0.2, -0.15) is 0 Å². The molecule has 132 valence electrons. The molecular formula is C18H26N2O4. The van der Waals surface area contributed by atoms with Crippen molar-refractivity contribution >= 4 is 11.8 Å². The number of benzene rings is 1. The number of nitrogens with zero attached hydrogens (tertiary/aromatic N) is 2. The Morgan fingerprint density at radius 3 is 1.75 bits per heavy atom.